The van der Waals surface area contributed by atoms with Crippen LogP contribution in [0.25, 0.3) is 0 Å². The predicted octanol–water partition coefficient (Wildman–Crippen LogP) is 1.01. The summed E-state index contributed by atoms with van der Waals surface area (Å²) in [4.78, 5) is 25.3. The van der Waals surface area contributed by atoms with Crippen molar-refractivity contribution < 1.29 is 9.90 Å². The third-order valence-electron chi connectivity index (χ3n) is 3.90. The molecule has 20 heavy (non-hydrogen) atoms. The number of hydrogen-bond donors (Lipinski definition) is 2. The number of rotatable bonds is 2. The van der Waals surface area contributed by atoms with Gasteiger partial charge in [-0.1, -0.05) is 6.92 Å². The molecule has 2 rings (SSSR count). The summed E-state index contributed by atoms with van der Waals surface area (Å²) in [5, 5.41) is 12.2. The number of pyridine rings is 1. The van der Waals surface area contributed by atoms with Gasteiger partial charge < -0.3 is 19.9 Å². The third-order valence-corrected chi connectivity index (χ3v) is 3.90. The normalized spacial score (nSPS) is 22.6. The predicted molar refractivity (Wildman–Crippen MR) is 76.7 cm³/mol. The van der Waals surface area contributed by atoms with Crippen molar-refractivity contribution in [3.8, 4) is 0 Å². The van der Waals surface area contributed by atoms with E-state index >= 15 is 0 Å². The molecular weight excluding hydrogens is 258 g/mol. The zero-order chi connectivity index (χ0) is 14.7. The van der Waals surface area contributed by atoms with Gasteiger partial charge in [0.25, 0.3) is 0 Å². The molecule has 0 radical (unpaired) electrons. The number of aliphatic hydroxyl groups excluding tert-OH is 1. The Hall–Kier alpha value is -1.82. The highest BCUT2D eigenvalue weighted by atomic mass is 16.3. The monoisotopic (exact) mass is 279 g/mol. The third kappa shape index (κ3) is 3.01. The number of hydrogen-bond acceptors (Lipinski definition) is 3. The zero-order valence-electron chi connectivity index (χ0n) is 11.9. The van der Waals surface area contributed by atoms with Crippen LogP contribution in [0.1, 0.15) is 19.8 Å². The van der Waals surface area contributed by atoms with Crippen LogP contribution < -0.4 is 10.9 Å². The molecule has 0 bridgehead atoms. The second-order valence-corrected chi connectivity index (χ2v) is 5.36. The summed E-state index contributed by atoms with van der Waals surface area (Å²) in [5.74, 6) is 0.291. The summed E-state index contributed by atoms with van der Waals surface area (Å²) >= 11 is 0. The highest BCUT2D eigenvalue weighted by Crippen LogP contribution is 2.23. The number of aryl methyl sites for hydroxylation is 1. The lowest BCUT2D eigenvalue weighted by Gasteiger charge is -2.38. The second-order valence-electron chi connectivity index (χ2n) is 5.36. The summed E-state index contributed by atoms with van der Waals surface area (Å²) in [6.45, 7) is 2.67. The molecule has 1 aromatic rings. The number of likely N-dealkylation sites (tertiary alicyclic amines) is 1. The molecule has 6 heteroatoms. The first-order valence-corrected chi connectivity index (χ1v) is 6.88. The highest BCUT2D eigenvalue weighted by molar-refractivity contribution is 5.89. The molecule has 2 atom stereocenters. The SMILES string of the molecule is CC1CCCN(C(=O)Nc2ccc(=O)n(C)c2)C1CO. The van der Waals surface area contributed by atoms with Gasteiger partial charge in [-0.3, -0.25) is 4.79 Å². The molecule has 2 amide bonds. The summed E-state index contributed by atoms with van der Waals surface area (Å²) in [7, 11) is 1.64. The molecule has 1 fully saturated rings. The van der Waals surface area contributed by atoms with E-state index in [1.54, 1.807) is 24.2 Å². The van der Waals surface area contributed by atoms with Crippen LogP contribution in [0.15, 0.2) is 23.1 Å². The molecule has 6 nitrogen and oxygen atoms in total. The number of amides is 2. The standard InChI is InChI=1S/C14H21N3O3/c1-10-4-3-7-17(12(10)9-18)14(20)15-11-5-6-13(19)16(2)8-11/h5-6,8,10,12,18H,3-4,7,9H2,1-2H3,(H,15,20). The van der Waals surface area contributed by atoms with E-state index in [9.17, 15) is 14.7 Å². The van der Waals surface area contributed by atoms with E-state index in [0.29, 0.717) is 18.2 Å². The Morgan fingerprint density at radius 2 is 2.25 bits per heavy atom. The van der Waals surface area contributed by atoms with Gasteiger partial charge in [0.15, 0.2) is 0 Å². The molecule has 1 saturated heterocycles. The summed E-state index contributed by atoms with van der Waals surface area (Å²) in [6, 6.07) is 2.63. The second kappa shape index (κ2) is 6.09. The lowest BCUT2D eigenvalue weighted by molar-refractivity contribution is 0.0811. The number of anilines is 1. The molecule has 2 unspecified atom stereocenters. The Kier molecular flexibility index (Phi) is 4.44. The fourth-order valence-electron chi connectivity index (χ4n) is 2.64. The first-order valence-electron chi connectivity index (χ1n) is 6.88. The van der Waals surface area contributed by atoms with Gasteiger partial charge in [-0.05, 0) is 24.8 Å². The zero-order valence-corrected chi connectivity index (χ0v) is 11.9. The van der Waals surface area contributed by atoms with Gasteiger partial charge in [-0.2, -0.15) is 0 Å². The topological polar surface area (TPSA) is 74.6 Å². The van der Waals surface area contributed by atoms with Gasteiger partial charge in [0.1, 0.15) is 0 Å². The lowest BCUT2D eigenvalue weighted by Crippen LogP contribution is -2.51. The Morgan fingerprint density at radius 1 is 1.50 bits per heavy atom. The van der Waals surface area contributed by atoms with E-state index in [0.717, 1.165) is 12.8 Å². The molecule has 1 aromatic heterocycles. The van der Waals surface area contributed by atoms with Crippen molar-refractivity contribution in [2.75, 3.05) is 18.5 Å². The molecule has 1 aliphatic rings. The molecule has 0 aliphatic carbocycles. The summed E-state index contributed by atoms with van der Waals surface area (Å²) in [5.41, 5.74) is 0.454. The Labute approximate surface area is 118 Å². The van der Waals surface area contributed by atoms with Crippen molar-refractivity contribution >= 4 is 11.7 Å². The minimum atomic E-state index is -0.228. The van der Waals surface area contributed by atoms with Crippen LogP contribution in [0.2, 0.25) is 0 Å². The Bertz CT molecular complexity index is 541. The number of aliphatic hydroxyl groups is 1. The van der Waals surface area contributed by atoms with E-state index in [4.69, 9.17) is 0 Å². The largest absolute Gasteiger partial charge is 0.394 e. The van der Waals surface area contributed by atoms with Crippen molar-refractivity contribution in [3.05, 3.63) is 28.7 Å². The Morgan fingerprint density at radius 3 is 2.90 bits per heavy atom. The van der Waals surface area contributed by atoms with Crippen LogP contribution in [0, 0.1) is 5.92 Å². The molecule has 0 saturated carbocycles. The number of urea groups is 1. The molecule has 1 aliphatic heterocycles. The molecule has 110 valence electrons. The van der Waals surface area contributed by atoms with Crippen LogP contribution in [0.3, 0.4) is 0 Å². The smallest absolute Gasteiger partial charge is 0.322 e. The van der Waals surface area contributed by atoms with Crippen molar-refractivity contribution in [1.29, 1.82) is 0 Å². The maximum atomic E-state index is 12.3. The molecular formula is C14H21N3O3. The number of piperidine rings is 1. The van der Waals surface area contributed by atoms with E-state index in [2.05, 4.69) is 5.32 Å². The van der Waals surface area contributed by atoms with E-state index in [1.807, 2.05) is 6.92 Å². The van der Waals surface area contributed by atoms with Crippen molar-refractivity contribution in [2.45, 2.75) is 25.8 Å². The average molecular weight is 279 g/mol. The number of carbonyl (C=O) groups excluding carboxylic acids is 1. The van der Waals surface area contributed by atoms with Gasteiger partial charge in [-0.15, -0.1) is 0 Å². The molecule has 0 spiro atoms. The number of nitrogens with zero attached hydrogens (tertiary/aromatic N) is 2. The van der Waals surface area contributed by atoms with Crippen molar-refractivity contribution in [1.82, 2.24) is 9.47 Å². The molecule has 0 aromatic carbocycles. The first kappa shape index (κ1) is 14.6. The number of nitrogens with one attached hydrogen (secondary N) is 1. The van der Waals surface area contributed by atoms with E-state index in [-0.39, 0.29) is 24.2 Å². The lowest BCUT2D eigenvalue weighted by atomic mass is 9.91. The van der Waals surface area contributed by atoms with Gasteiger partial charge in [0, 0.05) is 25.9 Å². The van der Waals surface area contributed by atoms with Crippen LogP contribution >= 0.6 is 0 Å². The quantitative estimate of drug-likeness (QED) is 0.848. The fourth-order valence-corrected chi connectivity index (χ4v) is 2.64. The minimum absolute atomic E-state index is 0.0259. The highest BCUT2D eigenvalue weighted by Gasteiger charge is 2.31. The van der Waals surface area contributed by atoms with Crippen LogP contribution in [0.5, 0.6) is 0 Å². The van der Waals surface area contributed by atoms with Gasteiger partial charge in [0.05, 0.1) is 18.3 Å². The molecule has 2 N–H and O–H groups in total. The van der Waals surface area contributed by atoms with Crippen LogP contribution in [-0.2, 0) is 7.05 Å². The van der Waals surface area contributed by atoms with Crippen molar-refractivity contribution in [2.24, 2.45) is 13.0 Å². The first-order chi connectivity index (χ1) is 9.52. The average Bonchev–Trinajstić information content (AvgIpc) is 2.42. The van der Waals surface area contributed by atoms with Gasteiger partial charge in [-0.25, -0.2) is 4.79 Å². The van der Waals surface area contributed by atoms with E-state index in [1.165, 1.54) is 10.6 Å². The molecule has 2 heterocycles. The van der Waals surface area contributed by atoms with Gasteiger partial charge in [0.2, 0.25) is 5.56 Å². The minimum Gasteiger partial charge on any atom is -0.394 e. The van der Waals surface area contributed by atoms with Crippen LogP contribution in [-0.4, -0.2) is 39.8 Å². The van der Waals surface area contributed by atoms with Gasteiger partial charge >= 0.3 is 6.03 Å². The summed E-state index contributed by atoms with van der Waals surface area (Å²) < 4.78 is 1.41. The van der Waals surface area contributed by atoms with Crippen molar-refractivity contribution in [3.63, 3.8) is 0 Å². The van der Waals surface area contributed by atoms with Crippen LogP contribution in [0.4, 0.5) is 10.5 Å². The van der Waals surface area contributed by atoms with E-state index < -0.39 is 0 Å². The maximum Gasteiger partial charge on any atom is 0.322 e. The summed E-state index contributed by atoms with van der Waals surface area (Å²) in [6.07, 6.45) is 3.55. The fraction of sp³-hybridized carbons (Fsp3) is 0.571. The maximum absolute atomic E-state index is 12.3. The Balaban J connectivity index is 2.10. The number of carbonyl (C=O) groups is 1. The number of aromatic nitrogens is 1.